The van der Waals surface area contributed by atoms with Crippen molar-refractivity contribution in [1.82, 2.24) is 14.1 Å². The van der Waals surface area contributed by atoms with Gasteiger partial charge < -0.3 is 14.2 Å². The van der Waals surface area contributed by atoms with Crippen molar-refractivity contribution in [3.8, 4) is 11.5 Å². The van der Waals surface area contributed by atoms with Crippen LogP contribution in [0.4, 0.5) is 0 Å². The molecular weight excluding hydrogens is 358 g/mol. The lowest BCUT2D eigenvalue weighted by atomic mass is 10.2. The van der Waals surface area contributed by atoms with Crippen LogP contribution < -0.4 is 9.47 Å². The molecule has 0 radical (unpaired) electrons. The average molecular weight is 379 g/mol. The summed E-state index contributed by atoms with van der Waals surface area (Å²) in [6.45, 7) is 4.36. The normalized spacial score (nSPS) is 20.9. The van der Waals surface area contributed by atoms with Crippen LogP contribution in [0.15, 0.2) is 35.5 Å². The summed E-state index contributed by atoms with van der Waals surface area (Å²) in [5.74, 6) is 0.756. The Balaban J connectivity index is 1.62. The van der Waals surface area contributed by atoms with Crippen molar-refractivity contribution in [3.63, 3.8) is 0 Å². The van der Waals surface area contributed by atoms with E-state index in [0.29, 0.717) is 37.9 Å². The van der Waals surface area contributed by atoms with Gasteiger partial charge in [0.25, 0.3) is 0 Å². The Morgan fingerprint density at radius 1 is 1.23 bits per heavy atom. The third-order valence-corrected chi connectivity index (χ3v) is 6.41. The average Bonchev–Trinajstić information content (AvgIpc) is 3.17. The maximum Gasteiger partial charge on any atom is 0.247 e. The number of aryl methyl sites for hydroxylation is 1. The second-order valence-corrected chi connectivity index (χ2v) is 8.04. The monoisotopic (exact) mass is 379 g/mol. The maximum absolute atomic E-state index is 13.2. The fourth-order valence-corrected chi connectivity index (χ4v) is 4.72. The Morgan fingerprint density at radius 3 is 2.88 bits per heavy atom. The highest BCUT2D eigenvalue weighted by Gasteiger charge is 2.35. The van der Waals surface area contributed by atoms with Crippen LogP contribution in [0.3, 0.4) is 0 Å². The van der Waals surface area contributed by atoms with Gasteiger partial charge in [0.1, 0.15) is 18.1 Å². The van der Waals surface area contributed by atoms with Gasteiger partial charge in [0, 0.05) is 31.4 Å². The van der Waals surface area contributed by atoms with Crippen LogP contribution in [0.1, 0.15) is 18.6 Å². The standard InChI is InChI=1S/C17H21N3O5S/c1-2-19-11-13(10-18-19)15-12-20(6-7-23-15)26(21,22)16-5-3-4-14-17(16)25-9-8-24-14/h3-5,10-11,15H,2,6-9,12H2,1H3. The van der Waals surface area contributed by atoms with Gasteiger partial charge in [0.15, 0.2) is 11.5 Å². The minimum Gasteiger partial charge on any atom is -0.486 e. The van der Waals surface area contributed by atoms with Crippen LogP contribution in [0, 0.1) is 0 Å². The van der Waals surface area contributed by atoms with E-state index in [-0.39, 0.29) is 17.5 Å². The van der Waals surface area contributed by atoms with E-state index in [1.807, 2.05) is 13.1 Å². The first kappa shape index (κ1) is 17.3. The second kappa shape index (κ2) is 6.90. The molecule has 140 valence electrons. The van der Waals surface area contributed by atoms with E-state index in [1.165, 1.54) is 4.31 Å². The molecule has 1 aromatic heterocycles. The third kappa shape index (κ3) is 3.06. The fourth-order valence-electron chi connectivity index (χ4n) is 3.15. The summed E-state index contributed by atoms with van der Waals surface area (Å²) in [6, 6.07) is 4.95. The fraction of sp³-hybridized carbons (Fsp3) is 0.471. The summed E-state index contributed by atoms with van der Waals surface area (Å²) in [5.41, 5.74) is 0.876. The van der Waals surface area contributed by atoms with Gasteiger partial charge in [0.2, 0.25) is 10.0 Å². The van der Waals surface area contributed by atoms with Crippen LogP contribution in [-0.2, 0) is 21.3 Å². The van der Waals surface area contributed by atoms with E-state index in [1.54, 1.807) is 29.1 Å². The zero-order chi connectivity index (χ0) is 18.1. The van der Waals surface area contributed by atoms with Crippen molar-refractivity contribution in [3.05, 3.63) is 36.2 Å². The molecule has 3 heterocycles. The molecule has 2 aromatic rings. The van der Waals surface area contributed by atoms with E-state index < -0.39 is 10.0 Å². The minimum atomic E-state index is -3.72. The molecule has 1 saturated heterocycles. The number of fused-ring (bicyclic) bond motifs is 1. The lowest BCUT2D eigenvalue weighted by Crippen LogP contribution is -2.42. The number of hydrogen-bond donors (Lipinski definition) is 0. The largest absolute Gasteiger partial charge is 0.486 e. The summed E-state index contributed by atoms with van der Waals surface area (Å²) in [6.07, 6.45) is 3.28. The van der Waals surface area contributed by atoms with E-state index in [0.717, 1.165) is 12.1 Å². The van der Waals surface area contributed by atoms with Gasteiger partial charge in [0.05, 0.1) is 18.9 Å². The molecule has 0 amide bonds. The van der Waals surface area contributed by atoms with Crippen LogP contribution >= 0.6 is 0 Å². The van der Waals surface area contributed by atoms with Gasteiger partial charge in [-0.3, -0.25) is 4.68 Å². The molecular formula is C17H21N3O5S. The van der Waals surface area contributed by atoms with Crippen molar-refractivity contribution < 1.29 is 22.6 Å². The van der Waals surface area contributed by atoms with E-state index in [4.69, 9.17) is 14.2 Å². The number of para-hydroxylation sites is 1. The van der Waals surface area contributed by atoms with Crippen molar-refractivity contribution in [1.29, 1.82) is 0 Å². The van der Waals surface area contributed by atoms with Gasteiger partial charge in [-0.25, -0.2) is 8.42 Å². The number of aromatic nitrogens is 2. The molecule has 8 nitrogen and oxygen atoms in total. The van der Waals surface area contributed by atoms with Gasteiger partial charge in [-0.1, -0.05) is 6.07 Å². The highest BCUT2D eigenvalue weighted by Crippen LogP contribution is 2.38. The van der Waals surface area contributed by atoms with Gasteiger partial charge in [-0.15, -0.1) is 0 Å². The zero-order valence-corrected chi connectivity index (χ0v) is 15.3. The Kier molecular flexibility index (Phi) is 4.60. The van der Waals surface area contributed by atoms with Crippen molar-refractivity contribution >= 4 is 10.0 Å². The topological polar surface area (TPSA) is 82.9 Å². The smallest absolute Gasteiger partial charge is 0.247 e. The Hall–Kier alpha value is -2.10. The van der Waals surface area contributed by atoms with Crippen LogP contribution in [0.5, 0.6) is 11.5 Å². The van der Waals surface area contributed by atoms with E-state index in [2.05, 4.69) is 5.10 Å². The molecule has 1 atom stereocenters. The molecule has 26 heavy (non-hydrogen) atoms. The third-order valence-electron chi connectivity index (χ3n) is 4.53. The van der Waals surface area contributed by atoms with Crippen molar-refractivity contribution in [2.45, 2.75) is 24.5 Å². The van der Waals surface area contributed by atoms with E-state index in [9.17, 15) is 8.42 Å². The lowest BCUT2D eigenvalue weighted by molar-refractivity contribution is -0.00267. The molecule has 2 aliphatic heterocycles. The Morgan fingerprint density at radius 2 is 2.08 bits per heavy atom. The van der Waals surface area contributed by atoms with Gasteiger partial charge >= 0.3 is 0 Å². The number of morpholine rings is 1. The van der Waals surface area contributed by atoms with Crippen LogP contribution in [-0.4, -0.2) is 55.4 Å². The SMILES string of the molecule is CCn1cc(C2CN(S(=O)(=O)c3cccc4c3OCCO4)CCO2)cn1. The number of ether oxygens (including phenoxy) is 3. The number of nitrogens with zero attached hydrogens (tertiary/aromatic N) is 3. The molecule has 0 aliphatic carbocycles. The van der Waals surface area contributed by atoms with Gasteiger partial charge in [-0.05, 0) is 19.1 Å². The number of sulfonamides is 1. The molecule has 2 aliphatic rings. The second-order valence-electron chi connectivity index (χ2n) is 6.13. The summed E-state index contributed by atoms with van der Waals surface area (Å²) < 4.78 is 46.5. The molecule has 0 N–H and O–H groups in total. The Labute approximate surface area is 152 Å². The summed E-state index contributed by atoms with van der Waals surface area (Å²) >= 11 is 0. The van der Waals surface area contributed by atoms with E-state index >= 15 is 0 Å². The molecule has 1 aromatic carbocycles. The predicted octanol–water partition coefficient (Wildman–Crippen LogP) is 1.44. The molecule has 4 rings (SSSR count). The summed E-state index contributed by atoms with van der Waals surface area (Å²) in [5, 5.41) is 4.25. The van der Waals surface area contributed by atoms with Crippen molar-refractivity contribution in [2.75, 3.05) is 32.9 Å². The number of hydrogen-bond acceptors (Lipinski definition) is 6. The predicted molar refractivity (Wildman–Crippen MR) is 92.8 cm³/mol. The number of rotatable bonds is 4. The molecule has 0 bridgehead atoms. The minimum absolute atomic E-state index is 0.139. The molecule has 0 spiro atoms. The quantitative estimate of drug-likeness (QED) is 0.799. The lowest BCUT2D eigenvalue weighted by Gasteiger charge is -2.32. The molecule has 1 fully saturated rings. The first-order valence-electron chi connectivity index (χ1n) is 8.62. The first-order valence-corrected chi connectivity index (χ1v) is 10.1. The van der Waals surface area contributed by atoms with Crippen molar-refractivity contribution in [2.24, 2.45) is 0 Å². The zero-order valence-electron chi connectivity index (χ0n) is 14.5. The highest BCUT2D eigenvalue weighted by molar-refractivity contribution is 7.89. The molecule has 0 saturated carbocycles. The maximum atomic E-state index is 13.2. The Bertz CT molecular complexity index is 896. The summed E-state index contributed by atoms with van der Waals surface area (Å²) in [7, 11) is -3.72. The molecule has 9 heteroatoms. The first-order chi connectivity index (χ1) is 12.6. The van der Waals surface area contributed by atoms with Crippen LogP contribution in [0.25, 0.3) is 0 Å². The molecule has 1 unspecified atom stereocenters. The van der Waals surface area contributed by atoms with Crippen LogP contribution in [0.2, 0.25) is 0 Å². The number of benzene rings is 1. The summed E-state index contributed by atoms with van der Waals surface area (Å²) in [4.78, 5) is 0.139. The van der Waals surface area contributed by atoms with Gasteiger partial charge in [-0.2, -0.15) is 9.40 Å². The highest BCUT2D eigenvalue weighted by atomic mass is 32.2.